The number of oxime groups is 1. The Bertz CT molecular complexity index is 365. The van der Waals surface area contributed by atoms with Gasteiger partial charge in [0.05, 0.1) is 13.4 Å². The number of rotatable bonds is 1. The van der Waals surface area contributed by atoms with E-state index in [0.29, 0.717) is 3.57 Å². The zero-order valence-electron chi connectivity index (χ0n) is 6.13. The van der Waals surface area contributed by atoms with Crippen molar-refractivity contribution in [2.45, 2.75) is 0 Å². The molecular formula is C7H4I3NO2. The first-order chi connectivity index (χ1) is 6.07. The fourth-order valence-corrected chi connectivity index (χ4v) is 4.42. The van der Waals surface area contributed by atoms with Crippen LogP contribution in [0, 0.1) is 10.7 Å². The first kappa shape index (κ1) is 11.8. The number of benzene rings is 1. The Hall–Kier alpha value is 0.680. The molecular weight excluding hydrogens is 511 g/mol. The van der Waals surface area contributed by atoms with Gasteiger partial charge in [-0.2, -0.15) is 0 Å². The van der Waals surface area contributed by atoms with Crippen LogP contribution in [0.25, 0.3) is 0 Å². The summed E-state index contributed by atoms with van der Waals surface area (Å²) >= 11 is 6.20. The van der Waals surface area contributed by atoms with Crippen LogP contribution in [0.1, 0.15) is 5.56 Å². The third-order valence-corrected chi connectivity index (χ3v) is 4.17. The van der Waals surface area contributed by atoms with Crippen LogP contribution in [-0.4, -0.2) is 16.5 Å². The van der Waals surface area contributed by atoms with Gasteiger partial charge in [0.25, 0.3) is 0 Å². The maximum atomic E-state index is 9.58. The molecule has 3 nitrogen and oxygen atoms in total. The second-order valence-corrected chi connectivity index (χ2v) is 5.56. The lowest BCUT2D eigenvalue weighted by atomic mass is 10.2. The van der Waals surface area contributed by atoms with Gasteiger partial charge in [-0.15, -0.1) is 0 Å². The van der Waals surface area contributed by atoms with Crippen LogP contribution >= 0.6 is 67.8 Å². The molecule has 1 aromatic rings. The van der Waals surface area contributed by atoms with Crippen molar-refractivity contribution in [2.24, 2.45) is 5.16 Å². The minimum atomic E-state index is 0.233. The van der Waals surface area contributed by atoms with E-state index >= 15 is 0 Å². The highest BCUT2D eigenvalue weighted by atomic mass is 127. The average molecular weight is 515 g/mol. The number of hydrogen-bond acceptors (Lipinski definition) is 3. The van der Waals surface area contributed by atoms with Gasteiger partial charge in [0.15, 0.2) is 0 Å². The minimum absolute atomic E-state index is 0.233. The first-order valence-electron chi connectivity index (χ1n) is 3.11. The monoisotopic (exact) mass is 515 g/mol. The molecule has 2 N–H and O–H groups in total. The highest BCUT2D eigenvalue weighted by molar-refractivity contribution is 14.1. The largest absolute Gasteiger partial charge is 0.506 e. The Morgan fingerprint density at radius 2 is 1.85 bits per heavy atom. The van der Waals surface area contributed by atoms with Gasteiger partial charge in [0.1, 0.15) is 5.75 Å². The van der Waals surface area contributed by atoms with Crippen molar-refractivity contribution in [3.05, 3.63) is 22.3 Å². The molecule has 1 rings (SSSR count). The maximum absolute atomic E-state index is 9.58. The van der Waals surface area contributed by atoms with Gasteiger partial charge in [-0.3, -0.25) is 0 Å². The number of phenols is 1. The molecule has 13 heavy (non-hydrogen) atoms. The van der Waals surface area contributed by atoms with E-state index in [1.54, 1.807) is 0 Å². The van der Waals surface area contributed by atoms with Gasteiger partial charge in [-0.1, -0.05) is 5.16 Å². The summed E-state index contributed by atoms with van der Waals surface area (Å²) in [5, 5.41) is 20.9. The minimum Gasteiger partial charge on any atom is -0.506 e. The Labute approximate surface area is 116 Å². The molecule has 0 atom stereocenters. The molecule has 0 aliphatic carbocycles. The lowest BCUT2D eigenvalue weighted by Crippen LogP contribution is -1.94. The predicted molar refractivity (Wildman–Crippen MR) is 75.6 cm³/mol. The third-order valence-electron chi connectivity index (χ3n) is 1.37. The fraction of sp³-hybridized carbons (Fsp3) is 0. The van der Waals surface area contributed by atoms with Gasteiger partial charge in [0.2, 0.25) is 0 Å². The van der Waals surface area contributed by atoms with E-state index in [0.717, 1.165) is 12.7 Å². The van der Waals surface area contributed by atoms with Gasteiger partial charge in [-0.25, -0.2) is 0 Å². The van der Waals surface area contributed by atoms with Crippen LogP contribution in [-0.2, 0) is 0 Å². The van der Waals surface area contributed by atoms with Crippen molar-refractivity contribution in [2.75, 3.05) is 0 Å². The standard InChI is InChI=1S/C7H4I3NO2/c8-4-1-5(9)7(12)6(10)3(4)2-11-13/h1-2,12-13H. The van der Waals surface area contributed by atoms with Crippen molar-refractivity contribution >= 4 is 74.0 Å². The number of hydrogen-bond donors (Lipinski definition) is 2. The van der Waals surface area contributed by atoms with Crippen LogP contribution in [0.3, 0.4) is 0 Å². The van der Waals surface area contributed by atoms with Crippen LogP contribution in [0.15, 0.2) is 11.2 Å². The van der Waals surface area contributed by atoms with E-state index in [4.69, 9.17) is 5.21 Å². The normalized spacial score (nSPS) is 11.0. The summed E-state index contributed by atoms with van der Waals surface area (Å²) in [6, 6.07) is 1.83. The summed E-state index contributed by atoms with van der Waals surface area (Å²) < 4.78 is 2.44. The van der Waals surface area contributed by atoms with Crippen molar-refractivity contribution in [1.82, 2.24) is 0 Å². The second kappa shape index (κ2) is 4.96. The van der Waals surface area contributed by atoms with E-state index in [9.17, 15) is 5.11 Å². The summed E-state index contributed by atoms with van der Waals surface area (Å²) in [4.78, 5) is 0. The summed E-state index contributed by atoms with van der Waals surface area (Å²) in [7, 11) is 0. The Morgan fingerprint density at radius 1 is 1.23 bits per heavy atom. The molecule has 0 saturated heterocycles. The van der Waals surface area contributed by atoms with Crippen LogP contribution in [0.2, 0.25) is 0 Å². The molecule has 0 radical (unpaired) electrons. The molecule has 0 aliphatic rings. The average Bonchev–Trinajstić information content (AvgIpc) is 2.09. The molecule has 1 aromatic carbocycles. The Morgan fingerprint density at radius 3 is 2.38 bits per heavy atom. The molecule has 70 valence electrons. The third kappa shape index (κ3) is 2.58. The molecule has 0 amide bonds. The summed E-state index contributed by atoms with van der Waals surface area (Å²) in [5.41, 5.74) is 0.738. The smallest absolute Gasteiger partial charge is 0.142 e. The quantitative estimate of drug-likeness (QED) is 0.262. The molecule has 6 heteroatoms. The lowest BCUT2D eigenvalue weighted by Gasteiger charge is -2.05. The van der Waals surface area contributed by atoms with Crippen molar-refractivity contribution < 1.29 is 10.3 Å². The van der Waals surface area contributed by atoms with E-state index < -0.39 is 0 Å². The zero-order valence-corrected chi connectivity index (χ0v) is 12.6. The summed E-state index contributed by atoms with van der Waals surface area (Å²) in [5.74, 6) is 0.233. The number of halogens is 3. The van der Waals surface area contributed by atoms with Crippen molar-refractivity contribution in [3.63, 3.8) is 0 Å². The van der Waals surface area contributed by atoms with E-state index in [2.05, 4.69) is 50.3 Å². The van der Waals surface area contributed by atoms with Gasteiger partial charge in [0, 0.05) is 9.13 Å². The lowest BCUT2D eigenvalue weighted by molar-refractivity contribution is 0.322. The maximum Gasteiger partial charge on any atom is 0.142 e. The molecule has 0 unspecified atom stereocenters. The molecule has 0 heterocycles. The topological polar surface area (TPSA) is 52.8 Å². The summed E-state index contributed by atoms with van der Waals surface area (Å²) in [6.07, 6.45) is 1.32. The van der Waals surface area contributed by atoms with E-state index in [-0.39, 0.29) is 5.75 Å². The highest BCUT2D eigenvalue weighted by Gasteiger charge is 2.11. The van der Waals surface area contributed by atoms with Crippen LogP contribution in [0.4, 0.5) is 0 Å². The van der Waals surface area contributed by atoms with Crippen LogP contribution < -0.4 is 0 Å². The molecule has 0 bridgehead atoms. The summed E-state index contributed by atoms with van der Waals surface area (Å²) in [6.45, 7) is 0. The number of aromatic hydroxyl groups is 1. The Balaban J connectivity index is 3.43. The first-order valence-corrected chi connectivity index (χ1v) is 6.35. The SMILES string of the molecule is ON=Cc1c(I)cc(I)c(O)c1I. The Kier molecular flexibility index (Phi) is 4.48. The van der Waals surface area contributed by atoms with Gasteiger partial charge < -0.3 is 10.3 Å². The molecule has 0 fully saturated rings. The van der Waals surface area contributed by atoms with Gasteiger partial charge in [-0.05, 0) is 73.8 Å². The second-order valence-electron chi connectivity index (χ2n) is 2.16. The van der Waals surface area contributed by atoms with E-state index in [1.807, 2.05) is 28.7 Å². The highest BCUT2D eigenvalue weighted by Crippen LogP contribution is 2.31. The molecule has 0 aromatic heterocycles. The number of nitrogens with zero attached hydrogens (tertiary/aromatic N) is 1. The predicted octanol–water partition coefficient (Wildman–Crippen LogP) is 3.01. The van der Waals surface area contributed by atoms with E-state index in [1.165, 1.54) is 6.21 Å². The molecule has 0 saturated carbocycles. The van der Waals surface area contributed by atoms with Crippen molar-refractivity contribution in [1.29, 1.82) is 0 Å². The molecule has 0 aliphatic heterocycles. The number of phenolic OH excluding ortho intramolecular Hbond substituents is 1. The van der Waals surface area contributed by atoms with Gasteiger partial charge >= 0.3 is 0 Å². The fourth-order valence-electron chi connectivity index (χ4n) is 0.771. The van der Waals surface area contributed by atoms with Crippen molar-refractivity contribution in [3.8, 4) is 5.75 Å². The van der Waals surface area contributed by atoms with Crippen LogP contribution in [0.5, 0.6) is 5.75 Å². The molecule has 0 spiro atoms. The zero-order chi connectivity index (χ0) is 10.0.